The number of imidazole rings is 1. The molecule has 1 saturated heterocycles. The number of anilines is 1. The summed E-state index contributed by atoms with van der Waals surface area (Å²) in [6.07, 6.45) is 0.146. The zero-order chi connectivity index (χ0) is 24.9. The molecule has 2 fully saturated rings. The van der Waals surface area contributed by atoms with Gasteiger partial charge in [0.2, 0.25) is 5.95 Å². The van der Waals surface area contributed by atoms with Gasteiger partial charge in [0, 0.05) is 22.9 Å². The summed E-state index contributed by atoms with van der Waals surface area (Å²) in [5.74, 6) is -1.24. The van der Waals surface area contributed by atoms with Crippen molar-refractivity contribution in [2.75, 3.05) is 18.9 Å². The minimum absolute atomic E-state index is 0.0212. The predicted octanol–water partition coefficient (Wildman–Crippen LogP) is 3.28. The van der Waals surface area contributed by atoms with E-state index in [0.29, 0.717) is 10.6 Å². The molecule has 0 amide bonds. The number of hydrogen-bond donors (Lipinski definition) is 3. The lowest BCUT2D eigenvalue weighted by molar-refractivity contribution is 0.0155. The molecule has 2 aromatic heterocycles. The molecule has 5 atom stereocenters. The molecule has 0 spiro atoms. The smallest absolute Gasteiger partial charge is 0.392 e. The molecule has 1 aromatic carbocycles. The summed E-state index contributed by atoms with van der Waals surface area (Å²) in [5, 5.41) is 11.0. The van der Waals surface area contributed by atoms with Gasteiger partial charge in [-0.05, 0) is 30.2 Å². The first-order valence-electron chi connectivity index (χ1n) is 10.8. The largest absolute Gasteiger partial charge is 0.475 e. The normalized spacial score (nSPS) is 29.2. The molecule has 11 nitrogen and oxygen atoms in total. The van der Waals surface area contributed by atoms with Crippen molar-refractivity contribution in [3.8, 4) is 0 Å². The third-order valence-corrected chi connectivity index (χ3v) is 7.93. The first-order chi connectivity index (χ1) is 16.6. The number of aromatic amines is 1. The molecule has 4 N–H and O–H groups in total. The van der Waals surface area contributed by atoms with Crippen LogP contribution in [0.4, 0.5) is 10.3 Å². The van der Waals surface area contributed by atoms with Crippen molar-refractivity contribution in [2.45, 2.75) is 31.1 Å². The highest BCUT2D eigenvalue weighted by molar-refractivity contribution is 7.48. The monoisotopic (exact) mass is 525 g/mol. The van der Waals surface area contributed by atoms with Gasteiger partial charge in [-0.2, -0.15) is 4.98 Å². The summed E-state index contributed by atoms with van der Waals surface area (Å²) in [4.78, 5) is 22.7. The zero-order valence-corrected chi connectivity index (χ0v) is 19.9. The predicted molar refractivity (Wildman–Crippen MR) is 124 cm³/mol. The molecule has 1 aliphatic heterocycles. The van der Waals surface area contributed by atoms with Gasteiger partial charge >= 0.3 is 7.82 Å². The lowest BCUT2D eigenvalue weighted by atomic mass is 10.0. The summed E-state index contributed by atoms with van der Waals surface area (Å²) in [6.45, 7) is 3.88. The lowest BCUT2D eigenvalue weighted by Crippen LogP contribution is -2.22. The van der Waals surface area contributed by atoms with Crippen LogP contribution in [0.5, 0.6) is 0 Å². The fourth-order valence-electron chi connectivity index (χ4n) is 4.44. The Morgan fingerprint density at radius 2 is 2.26 bits per heavy atom. The number of rotatable bonds is 5. The third-order valence-electron chi connectivity index (χ3n) is 6.22. The van der Waals surface area contributed by atoms with Crippen molar-refractivity contribution < 1.29 is 27.6 Å². The van der Waals surface area contributed by atoms with E-state index in [9.17, 15) is 18.9 Å². The number of nitrogens with two attached hydrogens (primary N) is 1. The molecule has 35 heavy (non-hydrogen) atoms. The van der Waals surface area contributed by atoms with Gasteiger partial charge in [0.1, 0.15) is 5.82 Å². The molecule has 5 rings (SSSR count). The number of nitrogen functional groups attached to an aromatic ring is 1. The lowest BCUT2D eigenvalue weighted by Gasteiger charge is -2.30. The number of aromatic nitrogens is 4. The van der Waals surface area contributed by atoms with Gasteiger partial charge in [-0.1, -0.05) is 18.2 Å². The van der Waals surface area contributed by atoms with Gasteiger partial charge in [0.25, 0.3) is 5.56 Å². The molecule has 0 radical (unpaired) electrons. The fraction of sp³-hybridized carbons (Fsp3) is 0.381. The zero-order valence-electron chi connectivity index (χ0n) is 18.3. The Labute approximate surface area is 203 Å². The number of hydrogen-bond acceptors (Lipinski definition) is 9. The maximum atomic E-state index is 14.3. The standard InChI is InChI=1S/C21H22ClFN5O6P/c1-10-13(16(29)7-15(10)28-9-25-18-19(28)26-21(24)27-20(18)30)8-33-35(31)32-5-4-17(34-35)12-6-11(22)2-3-14(12)23/h2-3,6,9,13,15-17,29H,1,4-5,7-8H2,(H3,24,26,27,30)/t13-,15-,16-,17+,35?/m0/s1. The Kier molecular flexibility index (Phi) is 6.28. The van der Waals surface area contributed by atoms with Gasteiger partial charge < -0.3 is 15.4 Å². The van der Waals surface area contributed by atoms with Crippen LogP contribution in [0.2, 0.25) is 5.02 Å². The highest BCUT2D eigenvalue weighted by Gasteiger charge is 2.42. The molecular formula is C21H22ClFN5O6P. The van der Waals surface area contributed by atoms with E-state index in [1.54, 1.807) is 4.57 Å². The average molecular weight is 526 g/mol. The van der Waals surface area contributed by atoms with Gasteiger partial charge in [0.15, 0.2) is 11.2 Å². The number of aliphatic hydroxyl groups excluding tert-OH is 1. The number of phosphoric ester groups is 1. The number of fused-ring (bicyclic) bond motifs is 1. The number of nitrogens with zero attached hydrogens (tertiary/aromatic N) is 3. The van der Waals surface area contributed by atoms with Crippen LogP contribution in [-0.2, 0) is 18.1 Å². The molecule has 1 saturated carbocycles. The van der Waals surface area contributed by atoms with E-state index < -0.39 is 43.4 Å². The molecule has 1 unspecified atom stereocenters. The van der Waals surface area contributed by atoms with Crippen molar-refractivity contribution in [1.29, 1.82) is 0 Å². The van der Waals surface area contributed by atoms with Crippen molar-refractivity contribution in [1.82, 2.24) is 19.5 Å². The molecule has 0 bridgehead atoms. The number of benzene rings is 1. The van der Waals surface area contributed by atoms with Crippen molar-refractivity contribution in [2.24, 2.45) is 5.92 Å². The van der Waals surface area contributed by atoms with Crippen molar-refractivity contribution in [3.05, 3.63) is 63.4 Å². The van der Waals surface area contributed by atoms with Crippen LogP contribution in [0.25, 0.3) is 11.2 Å². The minimum Gasteiger partial charge on any atom is -0.392 e. The topological polar surface area (TPSA) is 155 Å². The summed E-state index contributed by atoms with van der Waals surface area (Å²) in [7, 11) is -4.06. The van der Waals surface area contributed by atoms with E-state index in [0.717, 1.165) is 0 Å². The van der Waals surface area contributed by atoms with E-state index in [-0.39, 0.29) is 48.7 Å². The van der Waals surface area contributed by atoms with Gasteiger partial charge in [-0.3, -0.25) is 23.3 Å². The Hall–Kier alpha value is -2.60. The molecule has 1 aliphatic carbocycles. The molecular weight excluding hydrogens is 504 g/mol. The van der Waals surface area contributed by atoms with Gasteiger partial charge in [-0.15, -0.1) is 0 Å². The summed E-state index contributed by atoms with van der Waals surface area (Å²) >= 11 is 5.97. The third kappa shape index (κ3) is 4.53. The van der Waals surface area contributed by atoms with Crippen LogP contribution < -0.4 is 11.3 Å². The van der Waals surface area contributed by atoms with E-state index in [4.69, 9.17) is 30.9 Å². The highest BCUT2D eigenvalue weighted by Crippen LogP contribution is 2.58. The maximum absolute atomic E-state index is 14.3. The first kappa shape index (κ1) is 24.1. The molecule has 2 aliphatic rings. The van der Waals surface area contributed by atoms with Crippen LogP contribution in [0.1, 0.15) is 30.6 Å². The quantitative estimate of drug-likeness (QED) is 0.336. The van der Waals surface area contributed by atoms with E-state index in [2.05, 4.69) is 21.5 Å². The van der Waals surface area contributed by atoms with Gasteiger partial charge in [-0.25, -0.2) is 13.9 Å². The summed E-state index contributed by atoms with van der Waals surface area (Å²) in [6, 6.07) is 3.56. The van der Waals surface area contributed by atoms with E-state index in [1.165, 1.54) is 24.5 Å². The Bertz CT molecular complexity index is 1410. The maximum Gasteiger partial charge on any atom is 0.475 e. The van der Waals surface area contributed by atoms with Crippen molar-refractivity contribution >= 4 is 36.5 Å². The second-order valence-corrected chi connectivity index (χ2v) is 10.5. The number of halogens is 2. The van der Waals surface area contributed by atoms with Gasteiger partial charge in [0.05, 0.1) is 37.8 Å². The Morgan fingerprint density at radius 3 is 3.06 bits per heavy atom. The minimum atomic E-state index is -4.06. The first-order valence-corrected chi connectivity index (χ1v) is 12.6. The SMILES string of the molecule is C=C1[C@H](COP2(=O)OCC[C@H](c3cc(Cl)ccc3F)O2)[C@@H](O)C[C@@H]1n1cnc2c(=O)[nH]c(N)nc21. The Morgan fingerprint density at radius 1 is 1.46 bits per heavy atom. The number of nitrogens with one attached hydrogen (secondary N) is 1. The number of H-pyrrole nitrogens is 1. The van der Waals surface area contributed by atoms with Crippen LogP contribution in [0, 0.1) is 11.7 Å². The molecule has 3 heterocycles. The molecule has 3 aromatic rings. The number of aliphatic hydroxyl groups is 1. The van der Waals surface area contributed by atoms with Crippen LogP contribution in [-0.4, -0.2) is 43.9 Å². The van der Waals surface area contributed by atoms with Crippen LogP contribution in [0.15, 0.2) is 41.5 Å². The molecule has 186 valence electrons. The van der Waals surface area contributed by atoms with E-state index in [1.807, 2.05) is 0 Å². The van der Waals surface area contributed by atoms with E-state index >= 15 is 0 Å². The second-order valence-electron chi connectivity index (χ2n) is 8.40. The molecule has 14 heteroatoms. The van der Waals surface area contributed by atoms with Crippen molar-refractivity contribution in [3.63, 3.8) is 0 Å². The summed E-state index contributed by atoms with van der Waals surface area (Å²) < 4.78 is 45.4. The second kappa shape index (κ2) is 9.12. The number of phosphoric acid groups is 1. The Balaban J connectivity index is 1.31. The summed E-state index contributed by atoms with van der Waals surface area (Å²) in [5.41, 5.74) is 6.26. The van der Waals surface area contributed by atoms with Crippen LogP contribution >= 0.6 is 19.4 Å². The fourth-order valence-corrected chi connectivity index (χ4v) is 6.02. The highest BCUT2D eigenvalue weighted by atomic mass is 35.5. The average Bonchev–Trinajstić information content (AvgIpc) is 3.34. The van der Waals surface area contributed by atoms with Crippen LogP contribution in [0.3, 0.4) is 0 Å².